The Kier molecular flexibility index (Phi) is 59.2. The van der Waals surface area contributed by atoms with Gasteiger partial charge in [0.05, 0.1) is 6.61 Å². The highest BCUT2D eigenvalue weighted by atomic mass is 31.3. The fraction of sp³-hybridized carbons (Fsp3) is 0.933. The minimum Gasteiger partial charge on any atom is -0.328 e. The van der Waals surface area contributed by atoms with Crippen molar-refractivity contribution < 1.29 is 32.7 Å². The van der Waals surface area contributed by atoms with Crippen LogP contribution in [0.5, 0.6) is 0 Å². The summed E-state index contributed by atoms with van der Waals surface area (Å²) in [6.45, 7) is 7.02. The van der Waals surface area contributed by atoms with Crippen LogP contribution in [0.3, 0.4) is 0 Å². The lowest BCUT2D eigenvalue weighted by molar-refractivity contribution is 0.263. The molecule has 0 aliphatic rings. The van der Waals surface area contributed by atoms with E-state index in [0.717, 1.165) is 0 Å². The van der Waals surface area contributed by atoms with E-state index < -0.39 is 25.8 Å². The molecule has 7 nitrogen and oxygen atoms in total. The molecule has 0 heterocycles. The lowest BCUT2D eigenvalue weighted by Crippen LogP contribution is -2.18. The highest BCUT2D eigenvalue weighted by Gasteiger charge is 2.26. The van der Waals surface area contributed by atoms with Crippen molar-refractivity contribution in [3.63, 3.8) is 0 Å². The maximum Gasteiger partial charge on any atom is 0.344 e. The van der Waals surface area contributed by atoms with Crippen LogP contribution in [0.15, 0.2) is 24.3 Å². The lowest BCUT2D eigenvalue weighted by Gasteiger charge is -2.32. The first-order valence-electron chi connectivity index (χ1n) is 30.9. The molecule has 0 aromatic rings. The molecule has 0 saturated carbocycles. The van der Waals surface area contributed by atoms with Crippen molar-refractivity contribution in [1.29, 1.82) is 0 Å². The first-order chi connectivity index (χ1) is 34.4. The molecule has 10 heteroatoms. The normalized spacial score (nSPS) is 13.3. The van der Waals surface area contributed by atoms with Crippen LogP contribution in [-0.4, -0.2) is 26.2 Å². The van der Waals surface area contributed by atoms with E-state index in [1.807, 2.05) is 12.2 Å². The Morgan fingerprint density at radius 3 is 0.786 bits per heavy atom. The van der Waals surface area contributed by atoms with Crippen molar-refractivity contribution in [3.8, 4) is 0 Å². The molecule has 418 valence electrons. The van der Waals surface area contributed by atoms with Gasteiger partial charge in [0, 0.05) is 0 Å². The Bertz CT molecular complexity index is 961. The summed E-state index contributed by atoms with van der Waals surface area (Å²) in [5.74, 6) is 0. The molecule has 0 aromatic heterocycles. The maximum absolute atomic E-state index is 10.0. The summed E-state index contributed by atoms with van der Waals surface area (Å²) in [7, 11) is -7.78. The standard InChI is InChI=1S/C60H121O7P3/c1-4-7-10-13-16-19-22-25-28-31-34-37-40-43-46-50-55-60(58-53-49-54-59-65-69(63)67-70(64)66-68(61)62,56-51-47-44-41-38-35-32-29-26-23-20-17-14-11-8-5-2)57-52-48-45-42-39-36-33-30-27-24-21-18-15-12-9-6-3/h49,53-54,58,61-64H,4-48,50-52,55-57,59H2,1-3H3/b54-49+,58-53+. The number of hydrogen-bond donors (Lipinski definition) is 4. The monoisotopic (exact) mass is 1050 g/mol. The van der Waals surface area contributed by atoms with Gasteiger partial charge in [0.25, 0.3) is 0 Å². The Labute approximate surface area is 441 Å². The average Bonchev–Trinajstić information content (AvgIpc) is 3.34. The summed E-state index contributed by atoms with van der Waals surface area (Å²) >= 11 is 0. The second-order valence-corrected chi connectivity index (χ2v) is 24.5. The van der Waals surface area contributed by atoms with Gasteiger partial charge < -0.3 is 24.1 Å². The second kappa shape index (κ2) is 58.7. The van der Waals surface area contributed by atoms with Crippen LogP contribution in [0, 0.1) is 5.41 Å². The van der Waals surface area contributed by atoms with Crippen molar-refractivity contribution in [1.82, 2.24) is 0 Å². The number of unbranched alkanes of at least 4 members (excludes halogenated alkanes) is 45. The fourth-order valence-electron chi connectivity index (χ4n) is 10.4. The van der Waals surface area contributed by atoms with Crippen molar-refractivity contribution in [3.05, 3.63) is 24.3 Å². The van der Waals surface area contributed by atoms with Crippen LogP contribution in [0.25, 0.3) is 0 Å². The van der Waals surface area contributed by atoms with Crippen molar-refractivity contribution in [2.24, 2.45) is 5.41 Å². The number of hydrogen-bond acceptors (Lipinski definition) is 7. The smallest absolute Gasteiger partial charge is 0.328 e. The molecular formula is C60H121O7P3. The Morgan fingerprint density at radius 2 is 0.543 bits per heavy atom. The molecule has 0 aromatic carbocycles. The fourth-order valence-corrected chi connectivity index (χ4v) is 12.1. The van der Waals surface area contributed by atoms with Gasteiger partial charge in [-0.2, -0.15) is 0 Å². The largest absolute Gasteiger partial charge is 0.344 e. The van der Waals surface area contributed by atoms with Gasteiger partial charge in [0.1, 0.15) is 0 Å². The summed E-state index contributed by atoms with van der Waals surface area (Å²) < 4.78 is 14.6. The van der Waals surface area contributed by atoms with Gasteiger partial charge in [-0.25, -0.2) is 8.62 Å². The van der Waals surface area contributed by atoms with E-state index in [0.29, 0.717) is 0 Å². The summed E-state index contributed by atoms with van der Waals surface area (Å²) in [5, 5.41) is 0. The van der Waals surface area contributed by atoms with Crippen LogP contribution >= 0.6 is 25.8 Å². The summed E-state index contributed by atoms with van der Waals surface area (Å²) in [6.07, 6.45) is 79.5. The van der Waals surface area contributed by atoms with Gasteiger partial charge in [0.15, 0.2) is 0 Å². The molecule has 0 rings (SSSR count). The first kappa shape index (κ1) is 70.5. The molecule has 70 heavy (non-hydrogen) atoms. The zero-order valence-electron chi connectivity index (χ0n) is 46.9. The van der Waals surface area contributed by atoms with Gasteiger partial charge in [-0.1, -0.05) is 353 Å². The predicted octanol–water partition coefficient (Wildman–Crippen LogP) is 22.7. The van der Waals surface area contributed by atoms with Gasteiger partial charge in [-0.05, 0) is 24.7 Å². The molecule has 0 aliphatic heterocycles. The molecule has 4 N–H and O–H groups in total. The molecule has 0 bridgehead atoms. The predicted molar refractivity (Wildman–Crippen MR) is 311 cm³/mol. The molecule has 2 atom stereocenters. The minimum atomic E-state index is -2.77. The summed E-state index contributed by atoms with van der Waals surface area (Å²) in [6, 6.07) is 0. The highest BCUT2D eigenvalue weighted by molar-refractivity contribution is 7.60. The highest BCUT2D eigenvalue weighted by Crippen LogP contribution is 2.55. The second-order valence-electron chi connectivity index (χ2n) is 21.5. The van der Waals surface area contributed by atoms with Crippen molar-refractivity contribution in [2.45, 2.75) is 348 Å². The molecule has 0 amide bonds. The average molecular weight is 1050 g/mol. The van der Waals surface area contributed by atoms with Crippen LogP contribution in [0.2, 0.25) is 0 Å². The van der Waals surface area contributed by atoms with E-state index in [9.17, 15) is 9.79 Å². The Hall–Kier alpha value is 0.490. The van der Waals surface area contributed by atoms with E-state index in [1.165, 1.54) is 327 Å². The van der Waals surface area contributed by atoms with Crippen LogP contribution in [-0.2, 0) is 13.1 Å². The topological polar surface area (TPSA) is 109 Å². The summed E-state index contributed by atoms with van der Waals surface area (Å²) in [4.78, 5) is 37.5. The molecule has 0 spiro atoms. The van der Waals surface area contributed by atoms with E-state index >= 15 is 0 Å². The van der Waals surface area contributed by atoms with E-state index in [1.54, 1.807) is 0 Å². The zero-order valence-corrected chi connectivity index (χ0v) is 49.6. The van der Waals surface area contributed by atoms with E-state index in [-0.39, 0.29) is 12.0 Å². The van der Waals surface area contributed by atoms with Crippen LogP contribution < -0.4 is 0 Å². The third-order valence-electron chi connectivity index (χ3n) is 14.8. The van der Waals surface area contributed by atoms with E-state index in [2.05, 4.69) is 37.2 Å². The van der Waals surface area contributed by atoms with Crippen molar-refractivity contribution in [2.75, 3.05) is 6.61 Å². The third-order valence-corrected chi connectivity index (χ3v) is 17.5. The van der Waals surface area contributed by atoms with E-state index in [4.69, 9.17) is 18.6 Å². The maximum atomic E-state index is 10.0. The molecular weight excluding hydrogens is 926 g/mol. The quantitative estimate of drug-likeness (QED) is 0.0273. The van der Waals surface area contributed by atoms with Gasteiger partial charge in [0.2, 0.25) is 0 Å². The molecule has 0 fully saturated rings. The first-order valence-corrected chi connectivity index (χ1v) is 34.3. The molecule has 0 saturated heterocycles. The van der Waals surface area contributed by atoms with Gasteiger partial charge in [-0.3, -0.25) is 0 Å². The summed E-state index contributed by atoms with van der Waals surface area (Å²) in [5.41, 5.74) is 0.205. The SMILES string of the molecule is CCCCCCCCCCCCCCCCCCC(/C=C/C=C/COP(O)OP(O)OP(O)O)(CCCCCCCCCCCCCCCCCC)CCCCCCCCCCCCCCCCCC. The third kappa shape index (κ3) is 54.7. The van der Waals surface area contributed by atoms with Crippen molar-refractivity contribution >= 4 is 25.8 Å². The molecule has 0 radical (unpaired) electrons. The zero-order chi connectivity index (χ0) is 51.0. The number of allylic oxidation sites excluding steroid dienone is 3. The number of rotatable bonds is 60. The lowest BCUT2D eigenvalue weighted by atomic mass is 9.73. The van der Waals surface area contributed by atoms with Crippen LogP contribution in [0.1, 0.15) is 348 Å². The Morgan fingerprint density at radius 1 is 0.300 bits per heavy atom. The van der Waals surface area contributed by atoms with Gasteiger partial charge in [-0.15, -0.1) is 0 Å². The molecule has 2 unspecified atom stereocenters. The van der Waals surface area contributed by atoms with Gasteiger partial charge >= 0.3 is 25.8 Å². The van der Waals surface area contributed by atoms with Crippen LogP contribution in [0.4, 0.5) is 0 Å². The molecule has 0 aliphatic carbocycles. The minimum absolute atomic E-state index is 0.118. The Balaban J connectivity index is 5.15.